The maximum absolute atomic E-state index is 4.62. The van der Waals surface area contributed by atoms with E-state index >= 15 is 0 Å². The van der Waals surface area contributed by atoms with Crippen LogP contribution in [0.25, 0.3) is 5.82 Å². The highest BCUT2D eigenvalue weighted by atomic mass is 15.3. The van der Waals surface area contributed by atoms with Crippen LogP contribution in [0.1, 0.15) is 46.8 Å². The number of hydrogen-bond acceptors (Lipinski definition) is 5. The Hall–Kier alpha value is -3.82. The second-order valence-corrected chi connectivity index (χ2v) is 7.55. The summed E-state index contributed by atoms with van der Waals surface area (Å²) in [4.78, 5) is 12.4. The summed E-state index contributed by atoms with van der Waals surface area (Å²) in [5.41, 5.74) is 5.57. The van der Waals surface area contributed by atoms with Gasteiger partial charge in [-0.1, -0.05) is 30.0 Å². The largest absolute Gasteiger partial charge is 0.306 e. The van der Waals surface area contributed by atoms with E-state index in [2.05, 4.69) is 61.5 Å². The van der Waals surface area contributed by atoms with Gasteiger partial charge < -0.3 is 5.32 Å². The van der Waals surface area contributed by atoms with Crippen molar-refractivity contribution in [1.29, 1.82) is 0 Å². The van der Waals surface area contributed by atoms with Gasteiger partial charge in [0.1, 0.15) is 6.33 Å². The average molecular weight is 406 g/mol. The number of nitrogens with zero attached hydrogens (tertiary/aromatic N) is 5. The Morgan fingerprint density at radius 1 is 0.968 bits per heavy atom. The zero-order chi connectivity index (χ0) is 20.9. The Morgan fingerprint density at radius 3 is 2.61 bits per heavy atom. The highest BCUT2D eigenvalue weighted by Crippen LogP contribution is 2.31. The zero-order valence-corrected chi connectivity index (χ0v) is 17.1. The summed E-state index contributed by atoms with van der Waals surface area (Å²) < 4.78 is 1.98. The molecule has 1 aliphatic rings. The standard InChI is InChI=1S/C25H22N6/c1-2-13-28-25(6-1)31-24-5-3-4-23(22(24)17-30-31)29-16-20-10-7-19(8-11-20)9-12-21-14-26-18-27-15-21/h1-2,6-8,10-11,13-15,17-18,23,29H,3-5,16H2. The first-order valence-corrected chi connectivity index (χ1v) is 10.4. The molecule has 0 saturated heterocycles. The molecule has 1 N–H and O–H groups in total. The number of pyridine rings is 1. The van der Waals surface area contributed by atoms with E-state index in [0.717, 1.165) is 42.8 Å². The fourth-order valence-corrected chi connectivity index (χ4v) is 3.90. The average Bonchev–Trinajstić information content (AvgIpc) is 3.28. The summed E-state index contributed by atoms with van der Waals surface area (Å²) in [6.07, 6.45) is 12.0. The molecule has 3 heterocycles. The summed E-state index contributed by atoms with van der Waals surface area (Å²) in [7, 11) is 0. The molecule has 1 aliphatic carbocycles. The van der Waals surface area contributed by atoms with Crippen molar-refractivity contribution >= 4 is 0 Å². The summed E-state index contributed by atoms with van der Waals surface area (Å²) in [5.74, 6) is 7.12. The van der Waals surface area contributed by atoms with Crippen LogP contribution in [0.3, 0.4) is 0 Å². The van der Waals surface area contributed by atoms with Gasteiger partial charge in [-0.05, 0) is 49.1 Å². The SMILES string of the molecule is C(#Cc1cncnc1)c1ccc(CNC2CCCc3c2cnn3-c2ccccn2)cc1. The normalized spacial score (nSPS) is 15.0. The molecule has 5 rings (SSSR count). The monoisotopic (exact) mass is 406 g/mol. The number of rotatable bonds is 4. The Morgan fingerprint density at radius 2 is 1.81 bits per heavy atom. The van der Waals surface area contributed by atoms with Crippen LogP contribution < -0.4 is 5.32 Å². The van der Waals surface area contributed by atoms with Crippen LogP contribution in [-0.2, 0) is 13.0 Å². The van der Waals surface area contributed by atoms with Gasteiger partial charge in [-0.15, -0.1) is 0 Å². The number of benzene rings is 1. The van der Waals surface area contributed by atoms with E-state index in [0.29, 0.717) is 6.04 Å². The van der Waals surface area contributed by atoms with Crippen LogP contribution in [0, 0.1) is 11.8 Å². The fourth-order valence-electron chi connectivity index (χ4n) is 3.90. The quantitative estimate of drug-likeness (QED) is 0.524. The molecular formula is C25H22N6. The topological polar surface area (TPSA) is 68.5 Å². The molecule has 0 amide bonds. The first-order chi connectivity index (χ1) is 15.4. The van der Waals surface area contributed by atoms with Crippen LogP contribution in [0.15, 0.2) is 73.6 Å². The number of hydrogen-bond donors (Lipinski definition) is 1. The van der Waals surface area contributed by atoms with Gasteiger partial charge in [-0.25, -0.2) is 19.6 Å². The predicted octanol–water partition coefficient (Wildman–Crippen LogP) is 3.62. The van der Waals surface area contributed by atoms with E-state index in [1.807, 2.05) is 35.3 Å². The van der Waals surface area contributed by atoms with Crippen LogP contribution in [0.4, 0.5) is 0 Å². The third-order valence-electron chi connectivity index (χ3n) is 5.47. The molecule has 31 heavy (non-hydrogen) atoms. The minimum absolute atomic E-state index is 0.304. The van der Waals surface area contributed by atoms with Crippen LogP contribution in [0.5, 0.6) is 0 Å². The first-order valence-electron chi connectivity index (χ1n) is 10.4. The summed E-state index contributed by atoms with van der Waals surface area (Å²) in [5, 5.41) is 8.33. The van der Waals surface area contributed by atoms with Crippen molar-refractivity contribution < 1.29 is 0 Å². The maximum atomic E-state index is 4.62. The van der Waals surface area contributed by atoms with Crippen molar-refractivity contribution in [2.24, 2.45) is 0 Å². The Labute approximate surface area is 181 Å². The van der Waals surface area contributed by atoms with Crippen molar-refractivity contribution in [1.82, 2.24) is 30.0 Å². The fraction of sp³-hybridized carbons (Fsp3) is 0.200. The maximum Gasteiger partial charge on any atom is 0.153 e. The van der Waals surface area contributed by atoms with Crippen molar-refractivity contribution in [3.63, 3.8) is 0 Å². The number of nitrogens with one attached hydrogen (secondary N) is 1. The van der Waals surface area contributed by atoms with Gasteiger partial charge >= 0.3 is 0 Å². The lowest BCUT2D eigenvalue weighted by Crippen LogP contribution is -2.25. The zero-order valence-electron chi connectivity index (χ0n) is 17.1. The molecule has 0 fully saturated rings. The van der Waals surface area contributed by atoms with Crippen molar-refractivity contribution in [2.75, 3.05) is 0 Å². The molecule has 0 radical (unpaired) electrons. The van der Waals surface area contributed by atoms with Crippen LogP contribution in [0.2, 0.25) is 0 Å². The third-order valence-corrected chi connectivity index (χ3v) is 5.47. The molecule has 1 unspecified atom stereocenters. The second kappa shape index (κ2) is 8.90. The molecule has 0 aliphatic heterocycles. The molecule has 0 saturated carbocycles. The van der Waals surface area contributed by atoms with Gasteiger partial charge in [0.25, 0.3) is 0 Å². The van der Waals surface area contributed by atoms with Gasteiger partial charge in [-0.2, -0.15) is 5.10 Å². The lowest BCUT2D eigenvalue weighted by atomic mass is 9.92. The Kier molecular flexibility index (Phi) is 5.50. The lowest BCUT2D eigenvalue weighted by Gasteiger charge is -2.24. The summed E-state index contributed by atoms with van der Waals surface area (Å²) in [6, 6.07) is 14.6. The van der Waals surface area contributed by atoms with Gasteiger partial charge in [0, 0.05) is 42.3 Å². The van der Waals surface area contributed by atoms with Crippen LogP contribution in [-0.4, -0.2) is 24.7 Å². The highest BCUT2D eigenvalue weighted by molar-refractivity contribution is 5.42. The molecule has 3 aromatic heterocycles. The number of aromatic nitrogens is 5. The van der Waals surface area contributed by atoms with Gasteiger partial charge in [-0.3, -0.25) is 0 Å². The summed E-state index contributed by atoms with van der Waals surface area (Å²) >= 11 is 0. The molecule has 6 heteroatoms. The van der Waals surface area contributed by atoms with Crippen molar-refractivity contribution in [2.45, 2.75) is 31.8 Å². The highest BCUT2D eigenvalue weighted by Gasteiger charge is 2.24. The third kappa shape index (κ3) is 4.37. The summed E-state index contributed by atoms with van der Waals surface area (Å²) in [6.45, 7) is 0.805. The Balaban J connectivity index is 1.25. The minimum Gasteiger partial charge on any atom is -0.306 e. The molecule has 4 aromatic rings. The minimum atomic E-state index is 0.304. The lowest BCUT2D eigenvalue weighted by molar-refractivity contribution is 0.454. The molecule has 0 spiro atoms. The van der Waals surface area contributed by atoms with E-state index in [4.69, 9.17) is 0 Å². The molecule has 1 atom stereocenters. The van der Waals surface area contributed by atoms with Gasteiger partial charge in [0.15, 0.2) is 5.82 Å². The molecule has 0 bridgehead atoms. The molecular weight excluding hydrogens is 384 g/mol. The van der Waals surface area contributed by atoms with Crippen LogP contribution >= 0.6 is 0 Å². The smallest absolute Gasteiger partial charge is 0.153 e. The molecule has 1 aromatic carbocycles. The van der Waals surface area contributed by atoms with Crippen molar-refractivity contribution in [3.05, 3.63) is 102 Å². The number of fused-ring (bicyclic) bond motifs is 1. The molecule has 6 nitrogen and oxygen atoms in total. The van der Waals surface area contributed by atoms with Gasteiger partial charge in [0.2, 0.25) is 0 Å². The van der Waals surface area contributed by atoms with E-state index in [-0.39, 0.29) is 0 Å². The van der Waals surface area contributed by atoms with Gasteiger partial charge in [0.05, 0.1) is 17.5 Å². The van der Waals surface area contributed by atoms with E-state index in [9.17, 15) is 0 Å². The predicted molar refractivity (Wildman–Crippen MR) is 118 cm³/mol. The first kappa shape index (κ1) is 19.2. The Bertz CT molecular complexity index is 1200. The van der Waals surface area contributed by atoms with E-state index in [1.165, 1.54) is 23.1 Å². The molecule has 152 valence electrons. The van der Waals surface area contributed by atoms with E-state index in [1.54, 1.807) is 12.4 Å². The second-order valence-electron chi connectivity index (χ2n) is 7.55. The van der Waals surface area contributed by atoms with E-state index < -0.39 is 0 Å². The van der Waals surface area contributed by atoms with Crippen molar-refractivity contribution in [3.8, 4) is 17.7 Å².